The molecule has 5 nitrogen and oxygen atoms in total. The summed E-state index contributed by atoms with van der Waals surface area (Å²) in [4.78, 5) is 12.2. The standard InChI is InChI=1S/C18H15Cl5NO4PS/c1-2-7-30-17(25)24-29(26)27-14-5-3-10(19)8-12(14)16(18(21,22)23)13-9-11(20)4-6-15(13)28-29/h3-6,8-9,16H,2,7H2,1H3,(H,24,25,26). The topological polar surface area (TPSA) is 64.6 Å². The van der Waals surface area contributed by atoms with Crippen LogP contribution in [0.25, 0.3) is 0 Å². The van der Waals surface area contributed by atoms with Gasteiger partial charge in [0.1, 0.15) is 11.5 Å². The summed E-state index contributed by atoms with van der Waals surface area (Å²) in [6.45, 7) is 1.92. The Morgan fingerprint density at radius 3 is 2.00 bits per heavy atom. The summed E-state index contributed by atoms with van der Waals surface area (Å²) in [5.74, 6) is -0.195. The van der Waals surface area contributed by atoms with Crippen molar-refractivity contribution in [1.82, 2.24) is 5.09 Å². The Bertz CT molecular complexity index is 957. The number of fused-ring (bicyclic) bond motifs is 2. The van der Waals surface area contributed by atoms with Crippen molar-refractivity contribution in [2.45, 2.75) is 23.1 Å². The fraction of sp³-hybridized carbons (Fsp3) is 0.278. The zero-order chi connectivity index (χ0) is 22.1. The van der Waals surface area contributed by atoms with E-state index in [0.717, 1.165) is 18.2 Å². The quantitative estimate of drug-likeness (QED) is 0.309. The number of hydrogen-bond donors (Lipinski definition) is 1. The normalized spacial score (nSPS) is 20.7. The molecule has 0 bridgehead atoms. The summed E-state index contributed by atoms with van der Waals surface area (Å²) in [6, 6.07) is 9.06. The third-order valence-corrected chi connectivity index (χ3v) is 7.60. The van der Waals surface area contributed by atoms with E-state index in [2.05, 4.69) is 5.09 Å². The van der Waals surface area contributed by atoms with E-state index in [1.807, 2.05) is 6.92 Å². The van der Waals surface area contributed by atoms with Gasteiger partial charge >= 0.3 is 7.75 Å². The fourth-order valence-electron chi connectivity index (χ4n) is 2.84. The van der Waals surface area contributed by atoms with Crippen molar-refractivity contribution in [3.8, 4) is 11.5 Å². The van der Waals surface area contributed by atoms with Crippen LogP contribution >= 0.6 is 77.5 Å². The molecule has 1 amide bonds. The first-order chi connectivity index (χ1) is 14.0. The van der Waals surface area contributed by atoms with Crippen molar-refractivity contribution in [2.75, 3.05) is 5.75 Å². The molecule has 1 aliphatic heterocycles. The number of rotatable bonds is 3. The highest BCUT2D eigenvalue weighted by Crippen LogP contribution is 2.57. The van der Waals surface area contributed by atoms with Gasteiger partial charge in [0.15, 0.2) is 0 Å². The zero-order valence-electron chi connectivity index (χ0n) is 15.3. The minimum atomic E-state index is -4.19. The number of carbonyl (C=O) groups excluding carboxylic acids is 1. The van der Waals surface area contributed by atoms with Crippen LogP contribution in [0.5, 0.6) is 11.5 Å². The maximum absolute atomic E-state index is 13.5. The highest BCUT2D eigenvalue weighted by atomic mass is 35.6. The van der Waals surface area contributed by atoms with E-state index in [1.54, 1.807) is 0 Å². The molecule has 162 valence electrons. The molecule has 0 aliphatic carbocycles. The summed E-state index contributed by atoms with van der Waals surface area (Å²) in [5.41, 5.74) is 0.704. The second-order valence-corrected chi connectivity index (χ2v) is 12.2. The van der Waals surface area contributed by atoms with E-state index in [-0.39, 0.29) is 11.5 Å². The molecule has 2 aromatic rings. The van der Waals surface area contributed by atoms with Crippen molar-refractivity contribution in [2.24, 2.45) is 0 Å². The van der Waals surface area contributed by atoms with Crippen LogP contribution in [-0.4, -0.2) is 14.8 Å². The van der Waals surface area contributed by atoms with Gasteiger partial charge in [-0.15, -0.1) is 0 Å². The monoisotopic (exact) mass is 547 g/mol. The highest BCUT2D eigenvalue weighted by Gasteiger charge is 2.44. The van der Waals surface area contributed by atoms with Gasteiger partial charge < -0.3 is 9.05 Å². The fourth-order valence-corrected chi connectivity index (χ4v) is 6.09. The van der Waals surface area contributed by atoms with Crippen molar-refractivity contribution in [3.63, 3.8) is 0 Å². The molecule has 1 N–H and O–H groups in total. The molecule has 3 rings (SSSR count). The predicted octanol–water partition coefficient (Wildman–Crippen LogP) is 8.23. The van der Waals surface area contributed by atoms with Gasteiger partial charge in [-0.25, -0.2) is 9.65 Å². The lowest BCUT2D eigenvalue weighted by atomic mass is 9.91. The second kappa shape index (κ2) is 9.58. The van der Waals surface area contributed by atoms with Gasteiger partial charge in [-0.1, -0.05) is 76.7 Å². The number of nitrogens with one attached hydrogen (secondary N) is 1. The van der Waals surface area contributed by atoms with Gasteiger partial charge in [0.2, 0.25) is 3.79 Å². The number of thioether (sulfide) groups is 1. The Hall–Kier alpha value is -0.460. The first-order valence-electron chi connectivity index (χ1n) is 8.62. The molecule has 0 saturated heterocycles. The lowest BCUT2D eigenvalue weighted by Gasteiger charge is -2.33. The molecule has 0 fully saturated rings. The number of benzene rings is 2. The van der Waals surface area contributed by atoms with Gasteiger partial charge in [0.25, 0.3) is 5.24 Å². The minimum Gasteiger partial charge on any atom is -0.400 e. The molecule has 2 aromatic carbocycles. The maximum Gasteiger partial charge on any atom is 0.544 e. The first kappa shape index (κ1) is 24.2. The average molecular weight is 550 g/mol. The maximum atomic E-state index is 13.5. The molecule has 0 atom stereocenters. The molecule has 0 radical (unpaired) electrons. The third kappa shape index (κ3) is 5.66. The smallest absolute Gasteiger partial charge is 0.400 e. The SMILES string of the molecule is CCCSC(=O)NP1(=O)Oc2ccc(Cl)cc2C(C(Cl)(Cl)Cl)c2cc(Cl)ccc2O1. The first-order valence-corrected chi connectivity index (χ1v) is 13.0. The zero-order valence-corrected chi connectivity index (χ0v) is 20.8. The summed E-state index contributed by atoms with van der Waals surface area (Å²) in [6.07, 6.45) is 0.762. The number of carbonyl (C=O) groups is 1. The van der Waals surface area contributed by atoms with Crippen molar-refractivity contribution >= 4 is 82.8 Å². The molecule has 0 unspecified atom stereocenters. The van der Waals surface area contributed by atoms with Crippen LogP contribution in [0.3, 0.4) is 0 Å². The van der Waals surface area contributed by atoms with Crippen molar-refractivity contribution in [1.29, 1.82) is 0 Å². The molecule has 1 heterocycles. The number of halogens is 5. The second-order valence-electron chi connectivity index (χ2n) is 6.27. The van der Waals surface area contributed by atoms with E-state index < -0.39 is 22.7 Å². The van der Waals surface area contributed by atoms with Crippen LogP contribution in [0.15, 0.2) is 36.4 Å². The van der Waals surface area contributed by atoms with Crippen LogP contribution in [0.2, 0.25) is 10.0 Å². The van der Waals surface area contributed by atoms with Gasteiger partial charge in [0.05, 0.1) is 5.92 Å². The van der Waals surface area contributed by atoms with E-state index >= 15 is 0 Å². The number of alkyl halides is 3. The Labute approximate surface area is 203 Å². The summed E-state index contributed by atoms with van der Waals surface area (Å²) < 4.78 is 22.9. The van der Waals surface area contributed by atoms with Crippen molar-refractivity contribution < 1.29 is 18.4 Å². The van der Waals surface area contributed by atoms with Gasteiger partial charge in [-0.05, 0) is 42.8 Å². The Kier molecular flexibility index (Phi) is 7.72. The van der Waals surface area contributed by atoms with Gasteiger partial charge in [-0.2, -0.15) is 0 Å². The van der Waals surface area contributed by atoms with E-state index in [1.165, 1.54) is 36.4 Å². The Balaban J connectivity index is 2.18. The minimum absolute atomic E-state index is 0.0884. The van der Waals surface area contributed by atoms with Gasteiger partial charge in [0, 0.05) is 26.9 Å². The molecule has 0 aromatic heterocycles. The lowest BCUT2D eigenvalue weighted by molar-refractivity contribution is 0.262. The van der Waals surface area contributed by atoms with E-state index in [4.69, 9.17) is 67.1 Å². The number of amides is 1. The van der Waals surface area contributed by atoms with Gasteiger partial charge in [-0.3, -0.25) is 4.79 Å². The van der Waals surface area contributed by atoms with E-state index in [9.17, 15) is 9.36 Å². The largest absolute Gasteiger partial charge is 0.544 e. The van der Waals surface area contributed by atoms with Crippen LogP contribution in [0.1, 0.15) is 30.4 Å². The average Bonchev–Trinajstić information content (AvgIpc) is 2.62. The highest BCUT2D eigenvalue weighted by molar-refractivity contribution is 8.13. The van der Waals surface area contributed by atoms with E-state index in [0.29, 0.717) is 26.9 Å². The third-order valence-electron chi connectivity index (χ3n) is 4.00. The summed E-state index contributed by atoms with van der Waals surface area (Å²) in [7, 11) is -4.19. The Morgan fingerprint density at radius 2 is 1.57 bits per heavy atom. The van der Waals surface area contributed by atoms with Crippen molar-refractivity contribution in [3.05, 3.63) is 57.6 Å². The molecular formula is C18H15Cl5NO4PS. The molecule has 0 spiro atoms. The summed E-state index contributed by atoms with van der Waals surface area (Å²) >= 11 is 32.2. The lowest BCUT2D eigenvalue weighted by Crippen LogP contribution is -2.27. The Morgan fingerprint density at radius 1 is 1.07 bits per heavy atom. The van der Waals surface area contributed by atoms with Crippen LogP contribution in [0, 0.1) is 0 Å². The molecule has 0 saturated carbocycles. The number of hydrogen-bond acceptors (Lipinski definition) is 5. The predicted molar refractivity (Wildman–Crippen MR) is 125 cm³/mol. The van der Waals surface area contributed by atoms with Crippen LogP contribution in [-0.2, 0) is 4.57 Å². The molecular weight excluding hydrogens is 535 g/mol. The summed E-state index contributed by atoms with van der Waals surface area (Å²) in [5, 5.41) is 2.47. The molecule has 12 heteroatoms. The molecule has 30 heavy (non-hydrogen) atoms. The van der Waals surface area contributed by atoms with Crippen LogP contribution in [0.4, 0.5) is 4.79 Å². The van der Waals surface area contributed by atoms with Crippen LogP contribution < -0.4 is 14.1 Å². The molecule has 1 aliphatic rings.